The predicted octanol–water partition coefficient (Wildman–Crippen LogP) is 2.60. The first-order valence-electron chi connectivity index (χ1n) is 9.59. The number of amides is 1. The molecule has 3 rings (SSSR count). The number of hydrogen-bond acceptors (Lipinski definition) is 4. The van der Waals surface area contributed by atoms with Crippen LogP contribution in [0.5, 0.6) is 0 Å². The van der Waals surface area contributed by atoms with E-state index >= 15 is 0 Å². The highest BCUT2D eigenvalue weighted by atomic mass is 32.2. The Kier molecular flexibility index (Phi) is 5.48. The Hall–Kier alpha value is -2.07. The molecule has 1 saturated carbocycles. The lowest BCUT2D eigenvalue weighted by atomic mass is 10.1. The lowest BCUT2D eigenvalue weighted by molar-refractivity contribution is -0.129. The van der Waals surface area contributed by atoms with Crippen LogP contribution in [-0.2, 0) is 21.2 Å². The number of aryl methyl sites for hydroxylation is 1. The highest BCUT2D eigenvalue weighted by Crippen LogP contribution is 2.33. The van der Waals surface area contributed by atoms with Crippen molar-refractivity contribution in [3.63, 3.8) is 0 Å². The van der Waals surface area contributed by atoms with E-state index in [2.05, 4.69) is 17.6 Å². The molecule has 2 fully saturated rings. The number of hydrogen-bond donors (Lipinski definition) is 0. The van der Waals surface area contributed by atoms with E-state index in [-0.39, 0.29) is 35.1 Å². The van der Waals surface area contributed by atoms with Gasteiger partial charge in [0.25, 0.3) is 5.91 Å². The van der Waals surface area contributed by atoms with Crippen LogP contribution in [-0.4, -0.2) is 47.4 Å². The van der Waals surface area contributed by atoms with Gasteiger partial charge in [0.1, 0.15) is 11.6 Å². The van der Waals surface area contributed by atoms with Gasteiger partial charge in [-0.1, -0.05) is 6.92 Å². The van der Waals surface area contributed by atoms with E-state index < -0.39 is 9.84 Å². The number of carbonyl (C=O) groups excluding carboxylic acids is 1. The standard InChI is InChI=1S/C20H27N3O3S/c1-4-8-22-14(2)10-16(15(22)3)11-17(12-21)20(24)23(18-5-6-18)19-7-9-27(25,26)13-19/h10-11,18-19H,4-9,13H2,1-3H3/b17-11-. The van der Waals surface area contributed by atoms with Crippen molar-refractivity contribution < 1.29 is 13.2 Å². The van der Waals surface area contributed by atoms with Crippen LogP contribution in [0.3, 0.4) is 0 Å². The van der Waals surface area contributed by atoms with E-state index in [9.17, 15) is 18.5 Å². The fourth-order valence-electron chi connectivity index (χ4n) is 3.96. The number of aromatic nitrogens is 1. The van der Waals surface area contributed by atoms with Gasteiger partial charge in [0.15, 0.2) is 9.84 Å². The Labute approximate surface area is 161 Å². The van der Waals surface area contributed by atoms with E-state index in [1.54, 1.807) is 11.0 Å². The second-order valence-corrected chi connectivity index (χ2v) is 9.88. The molecular weight excluding hydrogens is 362 g/mol. The van der Waals surface area contributed by atoms with Gasteiger partial charge in [-0.25, -0.2) is 8.42 Å². The van der Waals surface area contributed by atoms with Crippen LogP contribution in [0.1, 0.15) is 49.6 Å². The Bertz CT molecular complexity index is 917. The first kappa shape index (κ1) is 19.7. The summed E-state index contributed by atoms with van der Waals surface area (Å²) in [4.78, 5) is 14.8. The van der Waals surface area contributed by atoms with Crippen LogP contribution in [0, 0.1) is 25.2 Å². The van der Waals surface area contributed by atoms with Gasteiger partial charge in [-0.2, -0.15) is 5.26 Å². The van der Waals surface area contributed by atoms with Gasteiger partial charge in [-0.05, 0) is 57.2 Å². The molecule has 0 N–H and O–H groups in total. The van der Waals surface area contributed by atoms with Gasteiger partial charge in [0, 0.05) is 30.0 Å². The van der Waals surface area contributed by atoms with Gasteiger partial charge < -0.3 is 9.47 Å². The van der Waals surface area contributed by atoms with Crippen LogP contribution in [0.15, 0.2) is 11.6 Å². The zero-order valence-corrected chi connectivity index (χ0v) is 17.1. The molecule has 1 aromatic heterocycles. The summed E-state index contributed by atoms with van der Waals surface area (Å²) >= 11 is 0. The van der Waals surface area contributed by atoms with Crippen LogP contribution in [0.4, 0.5) is 0 Å². The molecule has 7 heteroatoms. The Morgan fingerprint density at radius 3 is 2.56 bits per heavy atom. The van der Waals surface area contributed by atoms with E-state index in [0.29, 0.717) is 6.42 Å². The average molecular weight is 390 g/mol. The number of rotatable bonds is 6. The fourth-order valence-corrected chi connectivity index (χ4v) is 5.67. The van der Waals surface area contributed by atoms with Crippen molar-refractivity contribution in [3.05, 3.63) is 28.6 Å². The van der Waals surface area contributed by atoms with Crippen LogP contribution >= 0.6 is 0 Å². The van der Waals surface area contributed by atoms with Crippen molar-refractivity contribution in [1.29, 1.82) is 5.26 Å². The third-order valence-electron chi connectivity index (χ3n) is 5.49. The van der Waals surface area contributed by atoms with Gasteiger partial charge >= 0.3 is 0 Å². The minimum absolute atomic E-state index is 0.0129. The third kappa shape index (κ3) is 4.11. The van der Waals surface area contributed by atoms with Gasteiger partial charge in [-0.3, -0.25) is 4.79 Å². The Balaban J connectivity index is 1.90. The SMILES string of the molecule is CCCn1c(C)cc(/C=C(/C#N)C(=O)N(C2CC2)C2CCS(=O)(=O)C2)c1C. The molecule has 1 amide bonds. The lowest BCUT2D eigenvalue weighted by Crippen LogP contribution is -2.43. The number of sulfone groups is 1. The maximum atomic E-state index is 13.1. The molecule has 0 spiro atoms. The highest BCUT2D eigenvalue weighted by Gasteiger charge is 2.43. The second kappa shape index (κ2) is 7.51. The van der Waals surface area contributed by atoms with Crippen molar-refractivity contribution in [2.45, 2.75) is 65.1 Å². The van der Waals surface area contributed by atoms with Gasteiger partial charge in [0.2, 0.25) is 0 Å². The first-order chi connectivity index (χ1) is 12.8. The normalized spacial score (nSPS) is 21.9. The van der Waals surface area contributed by atoms with E-state index in [1.807, 2.05) is 19.9 Å². The third-order valence-corrected chi connectivity index (χ3v) is 7.24. The molecule has 0 aromatic carbocycles. The fraction of sp³-hybridized carbons (Fsp3) is 0.600. The molecular formula is C20H27N3O3S. The monoisotopic (exact) mass is 389 g/mol. The van der Waals surface area contributed by atoms with Gasteiger partial charge in [0.05, 0.1) is 11.5 Å². The molecule has 1 unspecified atom stereocenters. The molecule has 146 valence electrons. The molecule has 2 heterocycles. The summed E-state index contributed by atoms with van der Waals surface area (Å²) in [6.07, 6.45) is 4.90. The largest absolute Gasteiger partial charge is 0.349 e. The minimum Gasteiger partial charge on any atom is -0.349 e. The zero-order chi connectivity index (χ0) is 19.8. The molecule has 27 heavy (non-hydrogen) atoms. The molecule has 1 aliphatic heterocycles. The van der Waals surface area contributed by atoms with Crippen molar-refractivity contribution in [1.82, 2.24) is 9.47 Å². The predicted molar refractivity (Wildman–Crippen MR) is 105 cm³/mol. The summed E-state index contributed by atoms with van der Waals surface area (Å²) in [6.45, 7) is 7.03. The van der Waals surface area contributed by atoms with Crippen LogP contribution in [0.25, 0.3) is 6.08 Å². The number of nitrogens with zero attached hydrogens (tertiary/aromatic N) is 3. The summed E-state index contributed by atoms with van der Waals surface area (Å²) < 4.78 is 25.9. The molecule has 1 saturated heterocycles. The summed E-state index contributed by atoms with van der Waals surface area (Å²) in [5.74, 6) is -0.195. The summed E-state index contributed by atoms with van der Waals surface area (Å²) in [5, 5.41) is 9.63. The highest BCUT2D eigenvalue weighted by molar-refractivity contribution is 7.91. The van der Waals surface area contributed by atoms with Crippen LogP contribution in [0.2, 0.25) is 0 Å². The maximum absolute atomic E-state index is 13.1. The van der Waals surface area contributed by atoms with E-state index in [0.717, 1.165) is 42.8 Å². The van der Waals surface area contributed by atoms with Crippen molar-refractivity contribution in [3.8, 4) is 6.07 Å². The summed E-state index contributed by atoms with van der Waals surface area (Å²) in [5.41, 5.74) is 3.10. The Morgan fingerprint density at radius 2 is 2.04 bits per heavy atom. The topological polar surface area (TPSA) is 83.2 Å². The molecule has 1 aliphatic carbocycles. The van der Waals surface area contributed by atoms with E-state index in [1.165, 1.54) is 0 Å². The smallest absolute Gasteiger partial charge is 0.265 e. The quantitative estimate of drug-likeness (QED) is 0.553. The zero-order valence-electron chi connectivity index (χ0n) is 16.2. The Morgan fingerprint density at radius 1 is 1.33 bits per heavy atom. The number of nitriles is 1. The maximum Gasteiger partial charge on any atom is 0.265 e. The first-order valence-corrected chi connectivity index (χ1v) is 11.4. The number of carbonyl (C=O) groups is 1. The second-order valence-electron chi connectivity index (χ2n) is 7.65. The molecule has 2 aliphatic rings. The van der Waals surface area contributed by atoms with Crippen molar-refractivity contribution in [2.24, 2.45) is 0 Å². The van der Waals surface area contributed by atoms with Gasteiger partial charge in [-0.15, -0.1) is 0 Å². The minimum atomic E-state index is -3.09. The van der Waals surface area contributed by atoms with Crippen LogP contribution < -0.4 is 0 Å². The van der Waals surface area contributed by atoms with Crippen molar-refractivity contribution in [2.75, 3.05) is 11.5 Å². The summed E-state index contributed by atoms with van der Waals surface area (Å²) in [6, 6.07) is 3.82. The molecule has 6 nitrogen and oxygen atoms in total. The van der Waals surface area contributed by atoms with E-state index in [4.69, 9.17) is 0 Å². The molecule has 1 aromatic rings. The summed E-state index contributed by atoms with van der Waals surface area (Å²) in [7, 11) is -3.09. The molecule has 1 atom stereocenters. The average Bonchev–Trinajstić information content (AvgIpc) is 3.33. The van der Waals surface area contributed by atoms with Crippen molar-refractivity contribution >= 4 is 21.8 Å². The lowest BCUT2D eigenvalue weighted by Gasteiger charge is -2.28. The molecule has 0 radical (unpaired) electrons. The molecule has 0 bridgehead atoms.